The summed E-state index contributed by atoms with van der Waals surface area (Å²) in [4.78, 5) is 19.7. The summed E-state index contributed by atoms with van der Waals surface area (Å²) in [7, 11) is 5.24. The van der Waals surface area contributed by atoms with E-state index in [-0.39, 0.29) is 36.4 Å². The van der Waals surface area contributed by atoms with Gasteiger partial charge in [-0.05, 0) is 36.6 Å². The molecule has 0 spiro atoms. The zero-order valence-corrected chi connectivity index (χ0v) is 18.3. The van der Waals surface area contributed by atoms with Crippen molar-refractivity contribution in [3.8, 4) is 5.75 Å². The van der Waals surface area contributed by atoms with Crippen molar-refractivity contribution in [3.05, 3.63) is 35.9 Å². The molecule has 1 aromatic carbocycles. The molecule has 6 nitrogen and oxygen atoms in total. The lowest BCUT2D eigenvalue weighted by molar-refractivity contribution is -0.127. The van der Waals surface area contributed by atoms with E-state index in [1.165, 1.54) is 11.1 Å². The quantitative estimate of drug-likeness (QED) is 0.407. The molecule has 0 atom stereocenters. The summed E-state index contributed by atoms with van der Waals surface area (Å²) in [5.74, 6) is 1.69. The predicted octanol–water partition coefficient (Wildman–Crippen LogP) is 2.46. The van der Waals surface area contributed by atoms with Crippen LogP contribution in [0.25, 0.3) is 5.57 Å². The molecule has 2 rings (SSSR count). The maximum absolute atomic E-state index is 11.7. The first-order chi connectivity index (χ1) is 12.0. The number of hydrogen-bond acceptors (Lipinski definition) is 3. The monoisotopic (exact) mass is 472 g/mol. The molecule has 0 aromatic heterocycles. The Kier molecular flexibility index (Phi) is 9.47. The second-order valence-electron chi connectivity index (χ2n) is 6.07. The van der Waals surface area contributed by atoms with Crippen molar-refractivity contribution in [3.63, 3.8) is 0 Å². The smallest absolute Gasteiger partial charge is 0.241 e. The fraction of sp³-hybridized carbons (Fsp3) is 0.474. The Morgan fingerprint density at radius 2 is 2.00 bits per heavy atom. The van der Waals surface area contributed by atoms with E-state index in [1.54, 1.807) is 26.0 Å². The fourth-order valence-electron chi connectivity index (χ4n) is 2.70. The number of rotatable bonds is 5. The van der Waals surface area contributed by atoms with Gasteiger partial charge in [0, 0.05) is 34.2 Å². The van der Waals surface area contributed by atoms with Gasteiger partial charge in [-0.25, -0.2) is 0 Å². The van der Waals surface area contributed by atoms with E-state index in [0.29, 0.717) is 6.61 Å². The highest BCUT2D eigenvalue weighted by atomic mass is 127. The first-order valence-corrected chi connectivity index (χ1v) is 8.63. The molecule has 0 fully saturated rings. The van der Waals surface area contributed by atoms with Crippen molar-refractivity contribution >= 4 is 41.4 Å². The number of carbonyl (C=O) groups excluding carboxylic acids is 1. The van der Waals surface area contributed by atoms with Gasteiger partial charge in [0.1, 0.15) is 5.75 Å². The molecule has 0 aliphatic carbocycles. The molecular weight excluding hydrogens is 443 g/mol. The third kappa shape index (κ3) is 6.19. The van der Waals surface area contributed by atoms with Gasteiger partial charge in [-0.1, -0.05) is 18.2 Å². The van der Waals surface area contributed by atoms with Crippen LogP contribution in [0.15, 0.2) is 35.3 Å². The first-order valence-electron chi connectivity index (χ1n) is 8.63. The number of hydrogen-bond donors (Lipinski definition) is 1. The SMILES string of the molecule is CCOc1ccc(C2=CCN(C(=NC)NCC(=O)N(C)C)CC2)cc1.I. The molecule has 1 amide bonds. The van der Waals surface area contributed by atoms with Crippen molar-refractivity contribution in [2.75, 3.05) is 47.4 Å². The van der Waals surface area contributed by atoms with Gasteiger partial charge in [0.15, 0.2) is 5.96 Å². The maximum Gasteiger partial charge on any atom is 0.241 e. The minimum atomic E-state index is 0. The number of nitrogens with one attached hydrogen (secondary N) is 1. The van der Waals surface area contributed by atoms with Crippen LogP contribution in [0.3, 0.4) is 0 Å². The number of amides is 1. The standard InChI is InChI=1S/C19H28N4O2.HI/c1-5-25-17-8-6-15(7-9-17)16-10-12-23(13-11-16)19(20-2)21-14-18(24)22(3)4;/h6-10H,5,11-14H2,1-4H3,(H,20,21);1H. The summed E-state index contributed by atoms with van der Waals surface area (Å²) in [6.45, 7) is 4.57. The molecule has 144 valence electrons. The van der Waals surface area contributed by atoms with Crippen LogP contribution in [0, 0.1) is 0 Å². The largest absolute Gasteiger partial charge is 0.494 e. The van der Waals surface area contributed by atoms with Crippen LogP contribution in [0.5, 0.6) is 5.75 Å². The van der Waals surface area contributed by atoms with Crippen molar-refractivity contribution in [2.45, 2.75) is 13.3 Å². The van der Waals surface area contributed by atoms with Gasteiger partial charge in [0.25, 0.3) is 0 Å². The molecule has 1 aliphatic heterocycles. The Bertz CT molecular complexity index is 641. The third-order valence-electron chi connectivity index (χ3n) is 4.15. The summed E-state index contributed by atoms with van der Waals surface area (Å²) in [5.41, 5.74) is 2.56. The maximum atomic E-state index is 11.7. The summed E-state index contributed by atoms with van der Waals surface area (Å²) < 4.78 is 5.49. The number of guanidine groups is 1. The molecular formula is C19H29IN4O2. The number of ether oxygens (including phenoxy) is 1. The second kappa shape index (κ2) is 11.1. The molecule has 26 heavy (non-hydrogen) atoms. The molecule has 1 aliphatic rings. The van der Waals surface area contributed by atoms with E-state index in [0.717, 1.165) is 31.2 Å². The number of halogens is 1. The van der Waals surface area contributed by atoms with Crippen LogP contribution in [-0.4, -0.2) is 69.1 Å². The molecule has 1 aromatic rings. The van der Waals surface area contributed by atoms with E-state index in [9.17, 15) is 4.79 Å². The average molecular weight is 472 g/mol. The highest BCUT2D eigenvalue weighted by Gasteiger charge is 2.17. The van der Waals surface area contributed by atoms with E-state index >= 15 is 0 Å². The Morgan fingerprint density at radius 1 is 1.31 bits per heavy atom. The number of nitrogens with zero attached hydrogens (tertiary/aromatic N) is 3. The van der Waals surface area contributed by atoms with Gasteiger partial charge < -0.3 is 19.9 Å². The van der Waals surface area contributed by atoms with Crippen LogP contribution in [0.1, 0.15) is 18.9 Å². The predicted molar refractivity (Wildman–Crippen MR) is 117 cm³/mol. The zero-order chi connectivity index (χ0) is 18.2. The Balaban J connectivity index is 0.00000338. The number of carbonyl (C=O) groups is 1. The van der Waals surface area contributed by atoms with E-state index in [2.05, 4.69) is 33.4 Å². The Morgan fingerprint density at radius 3 is 2.50 bits per heavy atom. The topological polar surface area (TPSA) is 57.2 Å². The lowest BCUT2D eigenvalue weighted by atomic mass is 9.99. The highest BCUT2D eigenvalue weighted by molar-refractivity contribution is 14.0. The van der Waals surface area contributed by atoms with Gasteiger partial charge in [-0.3, -0.25) is 9.79 Å². The van der Waals surface area contributed by atoms with Gasteiger partial charge in [-0.15, -0.1) is 24.0 Å². The number of benzene rings is 1. The van der Waals surface area contributed by atoms with Crippen LogP contribution < -0.4 is 10.1 Å². The first kappa shape index (κ1) is 22.3. The summed E-state index contributed by atoms with van der Waals surface area (Å²) in [5, 5.41) is 3.14. The van der Waals surface area contributed by atoms with E-state index in [1.807, 2.05) is 19.1 Å². The third-order valence-corrected chi connectivity index (χ3v) is 4.15. The van der Waals surface area contributed by atoms with E-state index in [4.69, 9.17) is 4.74 Å². The zero-order valence-electron chi connectivity index (χ0n) is 16.0. The van der Waals surface area contributed by atoms with Crippen LogP contribution in [-0.2, 0) is 4.79 Å². The number of aliphatic imine (C=N–C) groups is 1. The molecule has 0 radical (unpaired) electrons. The summed E-state index contributed by atoms with van der Waals surface area (Å²) in [6.07, 6.45) is 3.16. The molecule has 0 saturated heterocycles. The van der Waals surface area contributed by atoms with E-state index < -0.39 is 0 Å². The molecule has 0 saturated carbocycles. The Hall–Kier alpha value is -1.77. The molecule has 1 heterocycles. The van der Waals surface area contributed by atoms with Crippen molar-refractivity contribution < 1.29 is 9.53 Å². The lowest BCUT2D eigenvalue weighted by Gasteiger charge is -2.30. The summed E-state index contributed by atoms with van der Waals surface area (Å²) in [6, 6.07) is 8.24. The molecule has 0 bridgehead atoms. The van der Waals surface area contributed by atoms with Crippen molar-refractivity contribution in [1.82, 2.24) is 15.1 Å². The highest BCUT2D eigenvalue weighted by Crippen LogP contribution is 2.24. The summed E-state index contributed by atoms with van der Waals surface area (Å²) >= 11 is 0. The van der Waals surface area contributed by atoms with Gasteiger partial charge in [-0.2, -0.15) is 0 Å². The van der Waals surface area contributed by atoms with Crippen LogP contribution in [0.4, 0.5) is 0 Å². The number of likely N-dealkylation sites (N-methyl/N-ethyl adjacent to an activating group) is 1. The minimum absolute atomic E-state index is 0. The lowest BCUT2D eigenvalue weighted by Crippen LogP contribution is -2.46. The van der Waals surface area contributed by atoms with Crippen molar-refractivity contribution in [2.24, 2.45) is 4.99 Å². The Labute approximate surface area is 173 Å². The average Bonchev–Trinajstić information content (AvgIpc) is 2.63. The normalized spacial score (nSPS) is 14.2. The molecule has 0 unspecified atom stereocenters. The molecule has 7 heteroatoms. The van der Waals surface area contributed by atoms with Gasteiger partial charge >= 0.3 is 0 Å². The van der Waals surface area contributed by atoms with Gasteiger partial charge in [0.2, 0.25) is 5.91 Å². The van der Waals surface area contributed by atoms with Gasteiger partial charge in [0.05, 0.1) is 13.2 Å². The van der Waals surface area contributed by atoms with Crippen molar-refractivity contribution in [1.29, 1.82) is 0 Å². The second-order valence-corrected chi connectivity index (χ2v) is 6.07. The van der Waals surface area contributed by atoms with Crippen LogP contribution in [0.2, 0.25) is 0 Å². The fourth-order valence-corrected chi connectivity index (χ4v) is 2.70. The van der Waals surface area contributed by atoms with Crippen LogP contribution >= 0.6 is 24.0 Å². The minimum Gasteiger partial charge on any atom is -0.494 e. The molecule has 1 N–H and O–H groups in total.